The molecular weight excluding hydrogens is 471 g/mol. The predicted octanol–water partition coefficient (Wildman–Crippen LogP) is 3.82. The zero-order valence-corrected chi connectivity index (χ0v) is 19.4. The van der Waals surface area contributed by atoms with E-state index < -0.39 is 0 Å². The van der Waals surface area contributed by atoms with Crippen molar-refractivity contribution >= 4 is 41.3 Å². The summed E-state index contributed by atoms with van der Waals surface area (Å²) in [6.45, 7) is 5.66. The smallest absolute Gasteiger partial charge is 0.193 e. The first-order chi connectivity index (χ1) is 12.7. The normalized spacial score (nSPS) is 16.9. The van der Waals surface area contributed by atoms with Gasteiger partial charge in [0.2, 0.25) is 0 Å². The Kier molecular flexibility index (Phi) is 8.98. The molecule has 1 fully saturated rings. The molecule has 0 spiro atoms. The summed E-state index contributed by atoms with van der Waals surface area (Å²) in [5, 5.41) is 6.69. The van der Waals surface area contributed by atoms with E-state index in [0.717, 1.165) is 55.8 Å². The van der Waals surface area contributed by atoms with Crippen LogP contribution in [0.4, 0.5) is 0 Å². The van der Waals surface area contributed by atoms with Crippen molar-refractivity contribution in [2.24, 2.45) is 10.9 Å². The highest BCUT2D eigenvalue weighted by Crippen LogP contribution is 2.24. The molecule has 1 aromatic heterocycles. The van der Waals surface area contributed by atoms with Crippen LogP contribution in [0.15, 0.2) is 34.6 Å². The Balaban J connectivity index is 0.00000261. The van der Waals surface area contributed by atoms with Crippen LogP contribution in [-0.2, 0) is 11.2 Å². The minimum absolute atomic E-state index is 0. The second kappa shape index (κ2) is 11.0. The van der Waals surface area contributed by atoms with Crippen molar-refractivity contribution in [3.05, 3.63) is 40.9 Å². The van der Waals surface area contributed by atoms with Crippen LogP contribution >= 0.6 is 35.3 Å². The SMILES string of the molecule is CN=C(NCCc1csc(-c2ccc(C)cc2)n1)N(C)CC1CCOC1.I. The van der Waals surface area contributed by atoms with Crippen LogP contribution in [0.5, 0.6) is 0 Å². The molecule has 2 aromatic rings. The molecule has 2 heterocycles. The summed E-state index contributed by atoms with van der Waals surface area (Å²) in [5.74, 6) is 1.54. The molecule has 1 aliphatic rings. The van der Waals surface area contributed by atoms with Crippen LogP contribution in [0, 0.1) is 12.8 Å². The fraction of sp³-hybridized carbons (Fsp3) is 0.500. The number of aryl methyl sites for hydroxylation is 1. The lowest BCUT2D eigenvalue weighted by Crippen LogP contribution is -2.42. The van der Waals surface area contributed by atoms with Crippen molar-refractivity contribution in [1.29, 1.82) is 0 Å². The highest BCUT2D eigenvalue weighted by Gasteiger charge is 2.19. The molecule has 0 saturated carbocycles. The summed E-state index contributed by atoms with van der Waals surface area (Å²) in [7, 11) is 3.92. The van der Waals surface area contributed by atoms with Gasteiger partial charge in [-0.15, -0.1) is 35.3 Å². The van der Waals surface area contributed by atoms with Gasteiger partial charge in [-0.05, 0) is 13.3 Å². The fourth-order valence-electron chi connectivity index (χ4n) is 3.14. The van der Waals surface area contributed by atoms with Crippen molar-refractivity contribution in [3.63, 3.8) is 0 Å². The minimum atomic E-state index is 0. The average Bonchev–Trinajstić information content (AvgIpc) is 3.31. The van der Waals surface area contributed by atoms with E-state index in [9.17, 15) is 0 Å². The average molecular weight is 500 g/mol. The van der Waals surface area contributed by atoms with E-state index in [-0.39, 0.29) is 24.0 Å². The standard InChI is InChI=1S/C20H28N4OS.HI/c1-15-4-6-17(7-5-15)19-23-18(14-26-19)8-10-22-20(21-2)24(3)12-16-9-11-25-13-16;/h4-7,14,16H,8-13H2,1-3H3,(H,21,22);1H. The molecule has 1 atom stereocenters. The van der Waals surface area contributed by atoms with Crippen LogP contribution in [0.2, 0.25) is 0 Å². The summed E-state index contributed by atoms with van der Waals surface area (Å²) in [5.41, 5.74) is 3.59. The molecule has 7 heteroatoms. The quantitative estimate of drug-likeness (QED) is 0.372. The van der Waals surface area contributed by atoms with Gasteiger partial charge in [0.25, 0.3) is 0 Å². The lowest BCUT2D eigenvalue weighted by molar-refractivity contribution is 0.181. The second-order valence-electron chi connectivity index (χ2n) is 6.84. The molecular formula is C20H29IN4OS. The molecule has 0 amide bonds. The number of rotatable bonds is 6. The molecule has 0 radical (unpaired) electrons. The van der Waals surface area contributed by atoms with E-state index in [0.29, 0.717) is 5.92 Å². The van der Waals surface area contributed by atoms with Gasteiger partial charge in [-0.3, -0.25) is 4.99 Å². The van der Waals surface area contributed by atoms with Gasteiger partial charge in [0, 0.05) is 57.1 Å². The summed E-state index contributed by atoms with van der Waals surface area (Å²) >= 11 is 1.71. The first-order valence-corrected chi connectivity index (χ1v) is 10.0. The predicted molar refractivity (Wildman–Crippen MR) is 124 cm³/mol. The van der Waals surface area contributed by atoms with E-state index in [2.05, 4.69) is 58.8 Å². The number of hydrogen-bond donors (Lipinski definition) is 1. The van der Waals surface area contributed by atoms with E-state index >= 15 is 0 Å². The summed E-state index contributed by atoms with van der Waals surface area (Å²) in [6, 6.07) is 8.54. The lowest BCUT2D eigenvalue weighted by atomic mass is 10.1. The maximum Gasteiger partial charge on any atom is 0.193 e. The molecule has 3 rings (SSSR count). The number of guanidine groups is 1. The van der Waals surface area contributed by atoms with Crippen molar-refractivity contribution in [1.82, 2.24) is 15.2 Å². The number of hydrogen-bond acceptors (Lipinski definition) is 4. The number of nitrogens with zero attached hydrogens (tertiary/aromatic N) is 3. The molecule has 1 aromatic carbocycles. The minimum Gasteiger partial charge on any atom is -0.381 e. The number of nitrogens with one attached hydrogen (secondary N) is 1. The molecule has 1 aliphatic heterocycles. The zero-order chi connectivity index (χ0) is 18.4. The van der Waals surface area contributed by atoms with Gasteiger partial charge < -0.3 is 15.0 Å². The molecule has 1 unspecified atom stereocenters. The van der Waals surface area contributed by atoms with Gasteiger partial charge in [-0.2, -0.15) is 0 Å². The van der Waals surface area contributed by atoms with Crippen LogP contribution < -0.4 is 5.32 Å². The first kappa shape index (κ1) is 22.1. The number of ether oxygens (including phenoxy) is 1. The van der Waals surface area contributed by atoms with Crippen LogP contribution in [0.3, 0.4) is 0 Å². The number of halogens is 1. The molecule has 27 heavy (non-hydrogen) atoms. The van der Waals surface area contributed by atoms with Crippen LogP contribution in [-0.4, -0.2) is 56.2 Å². The van der Waals surface area contributed by atoms with Gasteiger partial charge in [-0.25, -0.2) is 4.98 Å². The van der Waals surface area contributed by atoms with Crippen molar-refractivity contribution < 1.29 is 4.74 Å². The third-order valence-electron chi connectivity index (χ3n) is 4.64. The topological polar surface area (TPSA) is 49.8 Å². The van der Waals surface area contributed by atoms with Crippen molar-refractivity contribution in [3.8, 4) is 10.6 Å². The molecule has 148 valence electrons. The van der Waals surface area contributed by atoms with Gasteiger partial charge >= 0.3 is 0 Å². The van der Waals surface area contributed by atoms with E-state index in [1.807, 2.05) is 7.05 Å². The molecule has 0 bridgehead atoms. The number of aliphatic imine (C=N–C) groups is 1. The van der Waals surface area contributed by atoms with E-state index in [4.69, 9.17) is 9.72 Å². The Morgan fingerprint density at radius 1 is 1.37 bits per heavy atom. The Bertz CT molecular complexity index is 726. The second-order valence-corrected chi connectivity index (χ2v) is 7.70. The Labute approximate surface area is 183 Å². The Morgan fingerprint density at radius 2 is 2.15 bits per heavy atom. The Hall–Kier alpha value is -1.19. The van der Waals surface area contributed by atoms with Gasteiger partial charge in [-0.1, -0.05) is 29.8 Å². The van der Waals surface area contributed by atoms with Gasteiger partial charge in [0.15, 0.2) is 5.96 Å². The van der Waals surface area contributed by atoms with E-state index in [1.54, 1.807) is 11.3 Å². The summed E-state index contributed by atoms with van der Waals surface area (Å²) in [6.07, 6.45) is 2.03. The fourth-order valence-corrected chi connectivity index (χ4v) is 4.00. The maximum atomic E-state index is 5.46. The number of benzene rings is 1. The molecule has 1 N–H and O–H groups in total. The Morgan fingerprint density at radius 3 is 2.81 bits per heavy atom. The summed E-state index contributed by atoms with van der Waals surface area (Å²) < 4.78 is 5.46. The number of aromatic nitrogens is 1. The summed E-state index contributed by atoms with van der Waals surface area (Å²) in [4.78, 5) is 11.4. The van der Waals surface area contributed by atoms with Crippen LogP contribution in [0.1, 0.15) is 17.7 Å². The first-order valence-electron chi connectivity index (χ1n) is 9.16. The largest absolute Gasteiger partial charge is 0.381 e. The molecule has 5 nitrogen and oxygen atoms in total. The zero-order valence-electron chi connectivity index (χ0n) is 16.3. The van der Waals surface area contributed by atoms with Gasteiger partial charge in [0.1, 0.15) is 5.01 Å². The van der Waals surface area contributed by atoms with Crippen molar-refractivity contribution in [2.45, 2.75) is 19.8 Å². The maximum absolute atomic E-state index is 5.46. The monoisotopic (exact) mass is 500 g/mol. The number of thiazole rings is 1. The van der Waals surface area contributed by atoms with Crippen LogP contribution in [0.25, 0.3) is 10.6 Å². The third-order valence-corrected chi connectivity index (χ3v) is 5.58. The van der Waals surface area contributed by atoms with Gasteiger partial charge in [0.05, 0.1) is 12.3 Å². The van der Waals surface area contributed by atoms with Crippen molar-refractivity contribution in [2.75, 3.05) is 40.4 Å². The highest BCUT2D eigenvalue weighted by molar-refractivity contribution is 14.0. The highest BCUT2D eigenvalue weighted by atomic mass is 127. The van der Waals surface area contributed by atoms with E-state index in [1.165, 1.54) is 11.1 Å². The molecule has 0 aliphatic carbocycles. The molecule has 1 saturated heterocycles. The third kappa shape index (κ3) is 6.43. The lowest BCUT2D eigenvalue weighted by Gasteiger charge is -2.24.